The summed E-state index contributed by atoms with van der Waals surface area (Å²) in [6.07, 6.45) is 6.07. The highest BCUT2D eigenvalue weighted by molar-refractivity contribution is 5.69. The summed E-state index contributed by atoms with van der Waals surface area (Å²) in [5, 5.41) is 0. The van der Waals surface area contributed by atoms with E-state index in [-0.39, 0.29) is 5.82 Å². The number of halogens is 1. The zero-order chi connectivity index (χ0) is 14.5. The SMILES string of the molecule is CCCOc1cc(N(C)CC2CCCC2)c(N)cc1F. The van der Waals surface area contributed by atoms with Crippen LogP contribution in [0.4, 0.5) is 15.8 Å². The predicted octanol–water partition coefficient (Wildman–Crippen LogP) is 3.82. The van der Waals surface area contributed by atoms with Crippen LogP contribution in [0, 0.1) is 11.7 Å². The molecular formula is C16H25FN2O. The van der Waals surface area contributed by atoms with E-state index in [0.29, 0.717) is 18.0 Å². The van der Waals surface area contributed by atoms with Crippen molar-refractivity contribution < 1.29 is 9.13 Å². The summed E-state index contributed by atoms with van der Waals surface area (Å²) in [7, 11) is 2.02. The molecule has 1 saturated carbocycles. The van der Waals surface area contributed by atoms with Gasteiger partial charge in [-0.05, 0) is 25.2 Å². The summed E-state index contributed by atoms with van der Waals surface area (Å²) in [5.41, 5.74) is 7.30. The fraction of sp³-hybridized carbons (Fsp3) is 0.625. The smallest absolute Gasteiger partial charge is 0.167 e. The van der Waals surface area contributed by atoms with Crippen LogP contribution in [0.5, 0.6) is 5.75 Å². The molecule has 0 heterocycles. The third kappa shape index (κ3) is 3.56. The summed E-state index contributed by atoms with van der Waals surface area (Å²) in [5.74, 6) is 0.646. The first-order valence-corrected chi connectivity index (χ1v) is 7.54. The molecule has 0 bridgehead atoms. The highest BCUT2D eigenvalue weighted by Crippen LogP contribution is 2.33. The Labute approximate surface area is 120 Å². The Morgan fingerprint density at radius 2 is 2.05 bits per heavy atom. The van der Waals surface area contributed by atoms with Gasteiger partial charge in [-0.15, -0.1) is 0 Å². The lowest BCUT2D eigenvalue weighted by atomic mass is 10.1. The fourth-order valence-electron chi connectivity index (χ4n) is 2.89. The molecule has 2 rings (SSSR count). The first-order valence-electron chi connectivity index (χ1n) is 7.54. The van der Waals surface area contributed by atoms with Crippen molar-refractivity contribution in [2.45, 2.75) is 39.0 Å². The standard InChI is InChI=1S/C16H25FN2O/c1-3-8-20-16-10-15(14(18)9-13(16)17)19(2)11-12-6-4-5-7-12/h9-10,12H,3-8,11,18H2,1-2H3. The Bertz CT molecular complexity index is 444. The van der Waals surface area contributed by atoms with E-state index in [1.807, 2.05) is 14.0 Å². The first kappa shape index (κ1) is 14.9. The highest BCUT2D eigenvalue weighted by atomic mass is 19.1. The second-order valence-corrected chi connectivity index (χ2v) is 5.72. The third-order valence-corrected chi connectivity index (χ3v) is 3.96. The van der Waals surface area contributed by atoms with Crippen molar-refractivity contribution in [3.8, 4) is 5.75 Å². The average Bonchev–Trinajstić information content (AvgIpc) is 2.90. The second-order valence-electron chi connectivity index (χ2n) is 5.72. The zero-order valence-corrected chi connectivity index (χ0v) is 12.5. The van der Waals surface area contributed by atoms with Crippen molar-refractivity contribution in [2.24, 2.45) is 5.92 Å². The lowest BCUT2D eigenvalue weighted by Crippen LogP contribution is -2.25. The van der Waals surface area contributed by atoms with Gasteiger partial charge in [0.05, 0.1) is 18.0 Å². The van der Waals surface area contributed by atoms with Crippen LogP contribution in [-0.4, -0.2) is 20.2 Å². The summed E-state index contributed by atoms with van der Waals surface area (Å²) in [4.78, 5) is 2.13. The van der Waals surface area contributed by atoms with Gasteiger partial charge in [0, 0.05) is 25.7 Å². The highest BCUT2D eigenvalue weighted by Gasteiger charge is 2.19. The van der Waals surface area contributed by atoms with E-state index >= 15 is 0 Å². The minimum absolute atomic E-state index is 0.300. The van der Waals surface area contributed by atoms with E-state index < -0.39 is 0 Å². The van der Waals surface area contributed by atoms with E-state index in [1.165, 1.54) is 31.7 Å². The summed E-state index contributed by atoms with van der Waals surface area (Å²) >= 11 is 0. The molecule has 3 nitrogen and oxygen atoms in total. The van der Waals surface area contributed by atoms with Gasteiger partial charge in [-0.25, -0.2) is 4.39 Å². The van der Waals surface area contributed by atoms with Crippen LogP contribution >= 0.6 is 0 Å². The number of benzene rings is 1. The van der Waals surface area contributed by atoms with Gasteiger partial charge in [-0.2, -0.15) is 0 Å². The largest absolute Gasteiger partial charge is 0.490 e. The minimum atomic E-state index is -0.381. The Balaban J connectivity index is 2.12. The van der Waals surface area contributed by atoms with E-state index in [1.54, 1.807) is 6.07 Å². The van der Waals surface area contributed by atoms with Crippen molar-refractivity contribution in [1.82, 2.24) is 0 Å². The van der Waals surface area contributed by atoms with Gasteiger partial charge in [-0.3, -0.25) is 0 Å². The molecule has 112 valence electrons. The molecule has 0 amide bonds. The Kier molecular flexibility index (Phi) is 5.10. The molecule has 20 heavy (non-hydrogen) atoms. The fourth-order valence-corrected chi connectivity index (χ4v) is 2.89. The summed E-state index contributed by atoms with van der Waals surface area (Å²) < 4.78 is 19.2. The van der Waals surface area contributed by atoms with Crippen LogP contribution in [0.25, 0.3) is 0 Å². The molecule has 0 aliphatic heterocycles. The topological polar surface area (TPSA) is 38.5 Å². The Morgan fingerprint density at radius 1 is 1.35 bits per heavy atom. The molecule has 4 heteroatoms. The van der Waals surface area contributed by atoms with E-state index in [9.17, 15) is 4.39 Å². The molecule has 0 atom stereocenters. The summed E-state index contributed by atoms with van der Waals surface area (Å²) in [6, 6.07) is 3.10. The van der Waals surface area contributed by atoms with Gasteiger partial charge in [0.15, 0.2) is 11.6 Å². The molecule has 0 radical (unpaired) electrons. The molecule has 1 aromatic rings. The van der Waals surface area contributed by atoms with E-state index in [2.05, 4.69) is 4.90 Å². The molecule has 0 saturated heterocycles. The van der Waals surface area contributed by atoms with Gasteiger partial charge < -0.3 is 15.4 Å². The van der Waals surface area contributed by atoms with Gasteiger partial charge in [0.25, 0.3) is 0 Å². The van der Waals surface area contributed by atoms with Crippen LogP contribution in [0.3, 0.4) is 0 Å². The number of nitrogens with zero attached hydrogens (tertiary/aromatic N) is 1. The van der Waals surface area contributed by atoms with Crippen molar-refractivity contribution in [3.05, 3.63) is 17.9 Å². The molecule has 1 fully saturated rings. The number of rotatable bonds is 6. The number of nitrogens with two attached hydrogens (primary N) is 1. The van der Waals surface area contributed by atoms with Crippen molar-refractivity contribution in [1.29, 1.82) is 0 Å². The van der Waals surface area contributed by atoms with Crippen LogP contribution < -0.4 is 15.4 Å². The molecular weight excluding hydrogens is 255 g/mol. The molecule has 0 spiro atoms. The molecule has 0 aromatic heterocycles. The first-order chi connectivity index (χ1) is 9.61. The number of hydrogen-bond donors (Lipinski definition) is 1. The molecule has 2 N–H and O–H groups in total. The van der Waals surface area contributed by atoms with Crippen LogP contribution in [0.1, 0.15) is 39.0 Å². The van der Waals surface area contributed by atoms with Crippen LogP contribution in [-0.2, 0) is 0 Å². The average molecular weight is 280 g/mol. The van der Waals surface area contributed by atoms with Crippen LogP contribution in [0.15, 0.2) is 12.1 Å². The van der Waals surface area contributed by atoms with Gasteiger partial charge in [-0.1, -0.05) is 19.8 Å². The lowest BCUT2D eigenvalue weighted by Gasteiger charge is -2.25. The lowest BCUT2D eigenvalue weighted by molar-refractivity contribution is 0.301. The van der Waals surface area contributed by atoms with E-state index in [4.69, 9.17) is 10.5 Å². The molecule has 1 aromatic carbocycles. The number of nitrogen functional groups attached to an aromatic ring is 1. The minimum Gasteiger partial charge on any atom is -0.490 e. The number of anilines is 2. The van der Waals surface area contributed by atoms with Gasteiger partial charge in [0.1, 0.15) is 0 Å². The van der Waals surface area contributed by atoms with Gasteiger partial charge in [0.2, 0.25) is 0 Å². The quantitative estimate of drug-likeness (QED) is 0.805. The van der Waals surface area contributed by atoms with Gasteiger partial charge >= 0.3 is 0 Å². The maximum atomic E-state index is 13.8. The Hall–Kier alpha value is -1.45. The molecule has 0 unspecified atom stereocenters. The summed E-state index contributed by atoms with van der Waals surface area (Å²) in [6.45, 7) is 3.50. The Morgan fingerprint density at radius 3 is 2.70 bits per heavy atom. The second kappa shape index (κ2) is 6.82. The van der Waals surface area contributed by atoms with E-state index in [0.717, 1.165) is 24.6 Å². The number of hydrogen-bond acceptors (Lipinski definition) is 3. The van der Waals surface area contributed by atoms with Crippen LogP contribution in [0.2, 0.25) is 0 Å². The maximum absolute atomic E-state index is 13.8. The maximum Gasteiger partial charge on any atom is 0.167 e. The zero-order valence-electron chi connectivity index (χ0n) is 12.5. The monoisotopic (exact) mass is 280 g/mol. The number of ether oxygens (including phenoxy) is 1. The van der Waals surface area contributed by atoms with Crippen molar-refractivity contribution in [3.63, 3.8) is 0 Å². The normalized spacial score (nSPS) is 15.6. The predicted molar refractivity (Wildman–Crippen MR) is 81.8 cm³/mol. The molecule has 1 aliphatic carbocycles. The molecule has 1 aliphatic rings. The van der Waals surface area contributed by atoms with Crippen molar-refractivity contribution in [2.75, 3.05) is 30.8 Å². The van der Waals surface area contributed by atoms with Crippen molar-refractivity contribution >= 4 is 11.4 Å². The third-order valence-electron chi connectivity index (χ3n) is 3.96.